The molecular weight excluding hydrogens is 875 g/mol. The van der Waals surface area contributed by atoms with Crippen molar-refractivity contribution < 1.29 is 24.5 Å². The molecule has 71 heavy (non-hydrogen) atoms. The largest absolute Gasteiger partial charge is 0.466 e. The highest BCUT2D eigenvalue weighted by molar-refractivity contribution is 5.76. The Morgan fingerprint density at radius 1 is 0.380 bits per heavy atom. The fourth-order valence-corrected chi connectivity index (χ4v) is 10.3. The third-order valence-electron chi connectivity index (χ3n) is 15.3. The van der Waals surface area contributed by atoms with Crippen molar-refractivity contribution in [1.82, 2.24) is 5.32 Å². The summed E-state index contributed by atoms with van der Waals surface area (Å²) in [5.41, 5.74) is 0. The summed E-state index contributed by atoms with van der Waals surface area (Å²) >= 11 is 0. The molecule has 0 saturated heterocycles. The molecule has 0 aromatic carbocycles. The van der Waals surface area contributed by atoms with Crippen LogP contribution < -0.4 is 5.32 Å². The molecule has 422 valence electrons. The number of aliphatic hydroxyl groups is 2. The van der Waals surface area contributed by atoms with E-state index in [2.05, 4.69) is 31.3 Å². The Balaban J connectivity index is 3.39. The first-order valence-corrected chi connectivity index (χ1v) is 32.4. The molecular formula is C65H127NO5. The van der Waals surface area contributed by atoms with Crippen molar-refractivity contribution >= 4 is 11.9 Å². The van der Waals surface area contributed by atoms with Crippen LogP contribution in [0.3, 0.4) is 0 Å². The Bertz CT molecular complexity index is 1060. The van der Waals surface area contributed by atoms with Crippen LogP contribution >= 0.6 is 0 Å². The molecule has 0 aliphatic heterocycles. The van der Waals surface area contributed by atoms with Gasteiger partial charge in [-0.2, -0.15) is 0 Å². The lowest BCUT2D eigenvalue weighted by atomic mass is 10.0. The third kappa shape index (κ3) is 57.7. The minimum atomic E-state index is -0.668. The van der Waals surface area contributed by atoms with Gasteiger partial charge < -0.3 is 20.3 Å². The van der Waals surface area contributed by atoms with E-state index in [0.717, 1.165) is 38.5 Å². The van der Waals surface area contributed by atoms with Gasteiger partial charge in [-0.1, -0.05) is 315 Å². The number of carbonyl (C=O) groups excluding carboxylic acids is 2. The lowest BCUT2D eigenvalue weighted by Crippen LogP contribution is -2.45. The summed E-state index contributed by atoms with van der Waals surface area (Å²) < 4.78 is 5.50. The third-order valence-corrected chi connectivity index (χ3v) is 15.3. The molecule has 6 heteroatoms. The maximum absolute atomic E-state index is 12.5. The number of nitrogens with one attached hydrogen (secondary N) is 1. The van der Waals surface area contributed by atoms with Crippen LogP contribution in [-0.4, -0.2) is 47.4 Å². The van der Waals surface area contributed by atoms with Crippen molar-refractivity contribution in [2.45, 2.75) is 379 Å². The van der Waals surface area contributed by atoms with Gasteiger partial charge in [0, 0.05) is 12.8 Å². The number of carbonyl (C=O) groups is 2. The van der Waals surface area contributed by atoms with Crippen molar-refractivity contribution in [3.63, 3.8) is 0 Å². The molecule has 6 nitrogen and oxygen atoms in total. The second kappa shape index (κ2) is 61.1. The summed E-state index contributed by atoms with van der Waals surface area (Å²) in [6, 6.07) is -0.546. The maximum Gasteiger partial charge on any atom is 0.305 e. The Kier molecular flexibility index (Phi) is 59.9. The molecule has 0 aromatic heterocycles. The standard InChI is InChI=1S/C65H127NO5/c1-3-5-7-9-11-13-15-17-19-20-27-31-35-39-43-47-51-55-59-65(70)71-60-56-52-48-44-40-36-32-28-25-23-21-22-24-26-30-34-38-42-46-50-54-58-64(69)66-62(61-67)63(68)57-53-49-45-41-37-33-29-18-16-14-12-10-8-6-4-2/h22,24,62-63,67-68H,3-21,23,25-61H2,1-2H3,(H,66,69)/b24-22-. The minimum absolute atomic E-state index is 0.0135. The summed E-state index contributed by atoms with van der Waals surface area (Å²) in [4.78, 5) is 24.6. The van der Waals surface area contributed by atoms with Crippen LogP contribution in [0.15, 0.2) is 12.2 Å². The Morgan fingerprint density at radius 3 is 1.00 bits per heavy atom. The number of hydrogen-bond donors (Lipinski definition) is 3. The van der Waals surface area contributed by atoms with E-state index in [1.807, 2.05) is 0 Å². The summed E-state index contributed by atoms with van der Waals surface area (Å²) in [5.74, 6) is -0.0266. The van der Waals surface area contributed by atoms with E-state index < -0.39 is 12.1 Å². The molecule has 3 N–H and O–H groups in total. The molecule has 0 radical (unpaired) electrons. The highest BCUT2D eigenvalue weighted by Gasteiger charge is 2.20. The van der Waals surface area contributed by atoms with E-state index in [9.17, 15) is 19.8 Å². The quantitative estimate of drug-likeness (QED) is 0.0320. The fourth-order valence-electron chi connectivity index (χ4n) is 10.3. The van der Waals surface area contributed by atoms with Crippen LogP contribution in [0.5, 0.6) is 0 Å². The van der Waals surface area contributed by atoms with Gasteiger partial charge in [-0.15, -0.1) is 0 Å². The van der Waals surface area contributed by atoms with Crippen LogP contribution in [0.25, 0.3) is 0 Å². The molecule has 0 aliphatic carbocycles. The number of aliphatic hydroxyl groups excluding tert-OH is 2. The molecule has 0 rings (SSSR count). The van der Waals surface area contributed by atoms with E-state index in [1.54, 1.807) is 0 Å². The molecule has 1 amide bonds. The molecule has 0 saturated carbocycles. The van der Waals surface area contributed by atoms with E-state index in [-0.39, 0.29) is 18.5 Å². The molecule has 0 spiro atoms. The first-order chi connectivity index (χ1) is 35.0. The van der Waals surface area contributed by atoms with Crippen LogP contribution in [0.4, 0.5) is 0 Å². The van der Waals surface area contributed by atoms with Crippen molar-refractivity contribution in [2.24, 2.45) is 0 Å². The Labute approximate surface area is 444 Å². The topological polar surface area (TPSA) is 95.9 Å². The van der Waals surface area contributed by atoms with E-state index in [4.69, 9.17) is 4.74 Å². The van der Waals surface area contributed by atoms with Gasteiger partial charge in [0.05, 0.1) is 25.4 Å². The number of rotatable bonds is 61. The number of ether oxygens (including phenoxy) is 1. The molecule has 2 atom stereocenters. The predicted molar refractivity (Wildman–Crippen MR) is 310 cm³/mol. The van der Waals surface area contributed by atoms with Crippen LogP contribution in [0.2, 0.25) is 0 Å². The summed E-state index contributed by atoms with van der Waals surface area (Å²) in [7, 11) is 0. The smallest absolute Gasteiger partial charge is 0.305 e. The first-order valence-electron chi connectivity index (χ1n) is 32.4. The van der Waals surface area contributed by atoms with Gasteiger partial charge in [-0.05, 0) is 51.4 Å². The number of esters is 1. The number of amides is 1. The first kappa shape index (κ1) is 69.6. The SMILES string of the molecule is CCCCCCCCCCCCCCCCCCCCC(=O)OCCCCCCCCCCCC/C=C\CCCCCCCCCC(=O)NC(CO)C(O)CCCCCCCCCCCCCCCCC. The second-order valence-electron chi connectivity index (χ2n) is 22.5. The minimum Gasteiger partial charge on any atom is -0.466 e. The molecule has 0 heterocycles. The number of hydrogen-bond acceptors (Lipinski definition) is 5. The summed E-state index contributed by atoms with van der Waals surface area (Å²) in [6.07, 6.45) is 73.7. The molecule has 2 unspecified atom stereocenters. The van der Waals surface area contributed by atoms with Gasteiger partial charge in [0.25, 0.3) is 0 Å². The summed E-state index contributed by atoms with van der Waals surface area (Å²) in [6.45, 7) is 4.98. The van der Waals surface area contributed by atoms with Crippen LogP contribution in [0.1, 0.15) is 367 Å². The van der Waals surface area contributed by atoms with E-state index >= 15 is 0 Å². The lowest BCUT2D eigenvalue weighted by molar-refractivity contribution is -0.143. The van der Waals surface area contributed by atoms with Gasteiger partial charge >= 0.3 is 5.97 Å². The maximum atomic E-state index is 12.5. The second-order valence-corrected chi connectivity index (χ2v) is 22.5. The average Bonchev–Trinajstić information content (AvgIpc) is 3.37. The van der Waals surface area contributed by atoms with Crippen molar-refractivity contribution in [1.29, 1.82) is 0 Å². The predicted octanol–water partition coefficient (Wildman–Crippen LogP) is 20.4. The zero-order valence-electron chi connectivity index (χ0n) is 48.2. The zero-order chi connectivity index (χ0) is 51.4. The normalized spacial score (nSPS) is 12.6. The molecule has 0 fully saturated rings. The molecule has 0 aromatic rings. The van der Waals surface area contributed by atoms with Crippen LogP contribution in [0, 0.1) is 0 Å². The Morgan fingerprint density at radius 2 is 0.662 bits per heavy atom. The molecule has 0 aliphatic rings. The number of allylic oxidation sites excluding steroid dienone is 2. The highest BCUT2D eigenvalue weighted by Crippen LogP contribution is 2.18. The van der Waals surface area contributed by atoms with Gasteiger partial charge in [0.1, 0.15) is 0 Å². The van der Waals surface area contributed by atoms with Gasteiger partial charge in [-0.3, -0.25) is 9.59 Å². The monoisotopic (exact) mass is 1000 g/mol. The average molecular weight is 1000 g/mol. The van der Waals surface area contributed by atoms with E-state index in [1.165, 1.54) is 295 Å². The van der Waals surface area contributed by atoms with Crippen molar-refractivity contribution in [2.75, 3.05) is 13.2 Å². The van der Waals surface area contributed by atoms with E-state index in [0.29, 0.717) is 25.9 Å². The lowest BCUT2D eigenvalue weighted by Gasteiger charge is -2.22. The highest BCUT2D eigenvalue weighted by atomic mass is 16.5. The van der Waals surface area contributed by atoms with Crippen molar-refractivity contribution in [3.8, 4) is 0 Å². The fraction of sp³-hybridized carbons (Fsp3) is 0.938. The van der Waals surface area contributed by atoms with Gasteiger partial charge in [-0.25, -0.2) is 0 Å². The molecule has 0 bridgehead atoms. The zero-order valence-corrected chi connectivity index (χ0v) is 48.2. The van der Waals surface area contributed by atoms with Crippen LogP contribution in [-0.2, 0) is 14.3 Å². The van der Waals surface area contributed by atoms with Gasteiger partial charge in [0.2, 0.25) is 5.91 Å². The summed E-state index contributed by atoms with van der Waals surface area (Å²) in [5, 5.41) is 23.3. The number of unbranched alkanes of at least 4 members (excludes halogenated alkanes) is 48. The van der Waals surface area contributed by atoms with Crippen molar-refractivity contribution in [3.05, 3.63) is 12.2 Å². The van der Waals surface area contributed by atoms with Gasteiger partial charge in [0.15, 0.2) is 0 Å². The Hall–Kier alpha value is -1.40.